The van der Waals surface area contributed by atoms with Crippen molar-refractivity contribution in [3.05, 3.63) is 112 Å². The number of hydrogen-bond donors (Lipinski definition) is 3. The van der Waals surface area contributed by atoms with E-state index in [0.717, 1.165) is 11.1 Å². The van der Waals surface area contributed by atoms with Gasteiger partial charge in [0.05, 0.1) is 48.7 Å². The van der Waals surface area contributed by atoms with Crippen LogP contribution in [0.25, 0.3) is 21.4 Å². The van der Waals surface area contributed by atoms with Crippen molar-refractivity contribution in [1.82, 2.24) is 9.88 Å². The summed E-state index contributed by atoms with van der Waals surface area (Å²) in [5.74, 6) is -2.76. The molecule has 3 N–H and O–H groups in total. The van der Waals surface area contributed by atoms with Crippen LogP contribution in [0.1, 0.15) is 49.5 Å². The van der Waals surface area contributed by atoms with E-state index < -0.39 is 29.7 Å². The summed E-state index contributed by atoms with van der Waals surface area (Å²) in [6.45, 7) is 8.28. The molecule has 232 valence electrons. The Bertz CT molecular complexity index is 1890. The summed E-state index contributed by atoms with van der Waals surface area (Å²) in [5.41, 5.74) is 3.46. The highest BCUT2D eigenvalue weighted by molar-refractivity contribution is 6.45. The summed E-state index contributed by atoms with van der Waals surface area (Å²) in [7, 11) is 2.38. The number of carbonyl (C=O) groups is 5. The number of Topliss-reactive ketones (excluding diaryl/α,β-unsaturated/α-hetero) is 1. The summed E-state index contributed by atoms with van der Waals surface area (Å²) in [4.78, 5) is 72.0. The fourth-order valence-corrected chi connectivity index (χ4v) is 5.32. The number of methoxy groups -OCH3 is 2. The number of urea groups is 1. The topological polar surface area (TPSA) is 151 Å². The molecule has 0 radical (unpaired) electrons. The smallest absolute Gasteiger partial charge is 0.337 e. The average Bonchev–Trinajstić information content (AvgIpc) is 3.53. The first-order valence-corrected chi connectivity index (χ1v) is 14.2. The van der Waals surface area contributed by atoms with Gasteiger partial charge in [0.15, 0.2) is 5.70 Å². The predicted molar refractivity (Wildman–Crippen MR) is 170 cm³/mol. The summed E-state index contributed by atoms with van der Waals surface area (Å²) >= 11 is 0. The van der Waals surface area contributed by atoms with Crippen LogP contribution in [0.15, 0.2) is 78.5 Å². The van der Waals surface area contributed by atoms with E-state index in [4.69, 9.17) is 16.0 Å². The average molecular weight is 620 g/mol. The van der Waals surface area contributed by atoms with Gasteiger partial charge in [0.25, 0.3) is 11.7 Å². The molecule has 0 aliphatic carbocycles. The van der Waals surface area contributed by atoms with Gasteiger partial charge in [0.1, 0.15) is 0 Å². The highest BCUT2D eigenvalue weighted by Gasteiger charge is 2.29. The molecule has 1 aromatic heterocycles. The molecule has 0 saturated carbocycles. The maximum absolute atomic E-state index is 13.4. The second-order valence-corrected chi connectivity index (χ2v) is 10.3. The fraction of sp³-hybridized carbons (Fsp3) is 0.176. The normalized spacial score (nSPS) is 12.5. The number of aromatic amines is 1. The van der Waals surface area contributed by atoms with Gasteiger partial charge in [-0.2, -0.15) is 0 Å². The number of benzene rings is 3. The Labute approximate surface area is 263 Å². The number of rotatable bonds is 7. The van der Waals surface area contributed by atoms with Gasteiger partial charge < -0.3 is 30.0 Å². The molecule has 12 heteroatoms. The minimum atomic E-state index is -0.709. The molecule has 0 unspecified atom stereocenters. The SMILES string of the molecule is [C-]#[N+]C(=C1CCN(C(=O)C(=O)c2c[nH]c3c(NC(=O)Nc4cc(C(=O)OC)cc(C(=O)OC)c4)cccc23)CC1)c1ccccc1. The van der Waals surface area contributed by atoms with Crippen molar-refractivity contribution < 1.29 is 33.4 Å². The Hall–Kier alpha value is -6.22. The number of anilines is 2. The van der Waals surface area contributed by atoms with E-state index >= 15 is 0 Å². The zero-order valence-corrected chi connectivity index (χ0v) is 25.0. The first kappa shape index (κ1) is 31.2. The molecule has 1 saturated heterocycles. The van der Waals surface area contributed by atoms with Crippen molar-refractivity contribution in [2.24, 2.45) is 0 Å². The maximum atomic E-state index is 13.4. The lowest BCUT2D eigenvalue weighted by molar-refractivity contribution is -0.126. The number of piperidine rings is 1. The number of H-pyrrole nitrogens is 1. The number of ether oxygens (including phenoxy) is 2. The van der Waals surface area contributed by atoms with E-state index in [-0.39, 0.29) is 22.4 Å². The Morgan fingerprint density at radius 2 is 1.48 bits per heavy atom. The lowest BCUT2D eigenvalue weighted by Gasteiger charge is -2.28. The minimum absolute atomic E-state index is 0.0314. The van der Waals surface area contributed by atoms with E-state index in [0.29, 0.717) is 48.2 Å². The summed E-state index contributed by atoms with van der Waals surface area (Å²) < 4.78 is 9.46. The zero-order chi connectivity index (χ0) is 32.8. The molecular formula is C34H29N5O7. The second kappa shape index (κ2) is 13.6. The Balaban J connectivity index is 1.30. The molecule has 3 aromatic carbocycles. The van der Waals surface area contributed by atoms with Gasteiger partial charge in [0, 0.05) is 30.4 Å². The number of nitrogens with one attached hydrogen (secondary N) is 3. The highest BCUT2D eigenvalue weighted by Crippen LogP contribution is 2.30. The molecule has 1 aliphatic rings. The fourth-order valence-electron chi connectivity index (χ4n) is 5.32. The van der Waals surface area contributed by atoms with Crippen molar-refractivity contribution in [3.63, 3.8) is 0 Å². The highest BCUT2D eigenvalue weighted by atomic mass is 16.5. The van der Waals surface area contributed by atoms with Crippen molar-refractivity contribution in [2.45, 2.75) is 12.8 Å². The predicted octanol–water partition coefficient (Wildman–Crippen LogP) is 5.52. The third kappa shape index (κ3) is 6.48. The standard InChI is InChI=1S/C34H29N5O7/c1-35-28(20-8-5-4-6-9-20)21-12-14-39(15-13-21)31(41)30(40)26-19-36-29-25(26)10-7-11-27(29)38-34(44)37-24-17-22(32(42)45-2)16-23(18-24)33(43)46-3/h4-11,16-19,36H,12-15H2,2-3H3,(H2,37,38,44). The number of amides is 3. The van der Waals surface area contributed by atoms with Crippen LogP contribution in [0.5, 0.6) is 0 Å². The molecule has 46 heavy (non-hydrogen) atoms. The van der Waals surface area contributed by atoms with Gasteiger partial charge in [-0.05, 0) is 42.7 Å². The molecule has 1 fully saturated rings. The van der Waals surface area contributed by atoms with Crippen LogP contribution in [0.4, 0.5) is 16.2 Å². The molecule has 0 spiro atoms. The molecule has 0 atom stereocenters. The van der Waals surface area contributed by atoms with Crippen molar-refractivity contribution in [2.75, 3.05) is 37.9 Å². The number of fused-ring (bicyclic) bond motifs is 1. The van der Waals surface area contributed by atoms with Gasteiger partial charge in [-0.15, -0.1) is 0 Å². The maximum Gasteiger partial charge on any atom is 0.337 e. The number of likely N-dealkylation sites (tertiary alicyclic amines) is 1. The molecule has 12 nitrogen and oxygen atoms in total. The van der Waals surface area contributed by atoms with Crippen LogP contribution < -0.4 is 10.6 Å². The molecule has 1 aliphatic heterocycles. The van der Waals surface area contributed by atoms with Crippen LogP contribution in [0.2, 0.25) is 0 Å². The van der Waals surface area contributed by atoms with Crippen molar-refractivity contribution >= 4 is 57.6 Å². The minimum Gasteiger partial charge on any atom is -0.465 e. The number of ketones is 1. The number of para-hydroxylation sites is 1. The molecule has 4 aromatic rings. The third-order valence-corrected chi connectivity index (χ3v) is 7.58. The van der Waals surface area contributed by atoms with Gasteiger partial charge in [-0.25, -0.2) is 19.2 Å². The molecule has 2 heterocycles. The number of hydrogen-bond acceptors (Lipinski definition) is 7. The first-order chi connectivity index (χ1) is 22.2. The van der Waals surface area contributed by atoms with Crippen molar-refractivity contribution in [3.8, 4) is 0 Å². The number of aromatic nitrogens is 1. The third-order valence-electron chi connectivity index (χ3n) is 7.58. The van der Waals surface area contributed by atoms with Gasteiger partial charge in [-0.1, -0.05) is 48.0 Å². The number of carbonyl (C=O) groups excluding carboxylic acids is 5. The molecule has 3 amide bonds. The number of nitrogens with zero attached hydrogens (tertiary/aromatic N) is 2. The molecule has 5 rings (SSSR count). The van der Waals surface area contributed by atoms with E-state index in [1.807, 2.05) is 30.3 Å². The second-order valence-electron chi connectivity index (χ2n) is 10.3. The van der Waals surface area contributed by atoms with Crippen molar-refractivity contribution in [1.29, 1.82) is 0 Å². The van der Waals surface area contributed by atoms with Crippen LogP contribution in [0.3, 0.4) is 0 Å². The van der Waals surface area contributed by atoms with E-state index in [9.17, 15) is 24.0 Å². The lowest BCUT2D eigenvalue weighted by Crippen LogP contribution is -2.40. The van der Waals surface area contributed by atoms with Gasteiger partial charge in [-0.3, -0.25) is 9.59 Å². The molecular weight excluding hydrogens is 590 g/mol. The monoisotopic (exact) mass is 619 g/mol. The summed E-state index contributed by atoms with van der Waals surface area (Å²) in [6.07, 6.45) is 2.41. The van der Waals surface area contributed by atoms with E-state index in [1.165, 1.54) is 43.5 Å². The first-order valence-electron chi connectivity index (χ1n) is 14.2. The summed E-state index contributed by atoms with van der Waals surface area (Å²) in [6, 6.07) is 17.6. The summed E-state index contributed by atoms with van der Waals surface area (Å²) in [5, 5.41) is 5.71. The van der Waals surface area contributed by atoms with E-state index in [1.54, 1.807) is 18.2 Å². The number of esters is 2. The van der Waals surface area contributed by atoms with Gasteiger partial charge >= 0.3 is 18.0 Å². The Morgan fingerprint density at radius 3 is 2.09 bits per heavy atom. The van der Waals surface area contributed by atoms with Crippen LogP contribution in [0, 0.1) is 6.57 Å². The van der Waals surface area contributed by atoms with Crippen LogP contribution in [-0.4, -0.2) is 66.9 Å². The van der Waals surface area contributed by atoms with Crippen LogP contribution >= 0.6 is 0 Å². The zero-order valence-electron chi connectivity index (χ0n) is 25.0. The Kier molecular flexibility index (Phi) is 9.23. The van der Waals surface area contributed by atoms with Crippen LogP contribution in [-0.2, 0) is 14.3 Å². The quantitative estimate of drug-likeness (QED) is 0.107. The van der Waals surface area contributed by atoms with E-state index in [2.05, 4.69) is 20.5 Å². The largest absolute Gasteiger partial charge is 0.465 e. The van der Waals surface area contributed by atoms with Gasteiger partial charge in [0.2, 0.25) is 0 Å². The lowest BCUT2D eigenvalue weighted by atomic mass is 9.97. The Morgan fingerprint density at radius 1 is 0.826 bits per heavy atom. The molecule has 0 bridgehead atoms.